The minimum Gasteiger partial charge on any atom is -0.469 e. The molecule has 3 aliphatic rings. The number of methoxy groups -OCH3 is 1. The van der Waals surface area contributed by atoms with Crippen molar-refractivity contribution in [2.24, 2.45) is 11.8 Å². The quantitative estimate of drug-likeness (QED) is 0.554. The van der Waals surface area contributed by atoms with Gasteiger partial charge in [0.25, 0.3) is 5.91 Å². The van der Waals surface area contributed by atoms with E-state index >= 15 is 0 Å². The van der Waals surface area contributed by atoms with E-state index in [1.165, 1.54) is 7.11 Å². The number of hydrogen-bond donors (Lipinski definition) is 2. The van der Waals surface area contributed by atoms with Crippen LogP contribution in [0, 0.1) is 11.8 Å². The standard InChI is InChI=1S/C19H29N3O5/c1-3-12-7-9-19(10-8-12)17(25)22(18(26)21-19)11-15(23)20-14-6-4-5-13(14)16(24)27-2/h12-14H,3-11H2,1-2H3,(H,20,23)(H,21,26)/t12?,13-,14+,19?/m0/s1. The molecule has 8 nitrogen and oxygen atoms in total. The van der Waals surface area contributed by atoms with Crippen LogP contribution in [0.4, 0.5) is 4.79 Å². The normalized spacial score (nSPS) is 33.3. The first kappa shape index (κ1) is 19.6. The molecule has 3 fully saturated rings. The number of amides is 4. The largest absolute Gasteiger partial charge is 0.469 e. The first-order valence-corrected chi connectivity index (χ1v) is 9.91. The molecule has 2 N–H and O–H groups in total. The van der Waals surface area contributed by atoms with Gasteiger partial charge in [-0.3, -0.25) is 19.3 Å². The smallest absolute Gasteiger partial charge is 0.325 e. The van der Waals surface area contributed by atoms with Gasteiger partial charge in [0, 0.05) is 6.04 Å². The van der Waals surface area contributed by atoms with E-state index in [2.05, 4.69) is 17.6 Å². The summed E-state index contributed by atoms with van der Waals surface area (Å²) >= 11 is 0. The van der Waals surface area contributed by atoms with Crippen molar-refractivity contribution in [3.63, 3.8) is 0 Å². The van der Waals surface area contributed by atoms with E-state index in [1.54, 1.807) is 0 Å². The van der Waals surface area contributed by atoms with Crippen molar-refractivity contribution in [2.75, 3.05) is 13.7 Å². The summed E-state index contributed by atoms with van der Waals surface area (Å²) in [6.07, 6.45) is 6.33. The third-order valence-electron chi connectivity index (χ3n) is 6.45. The molecule has 0 radical (unpaired) electrons. The maximum atomic E-state index is 12.9. The van der Waals surface area contributed by atoms with Gasteiger partial charge < -0.3 is 15.4 Å². The van der Waals surface area contributed by atoms with Gasteiger partial charge in [0.1, 0.15) is 12.1 Å². The maximum Gasteiger partial charge on any atom is 0.325 e. The highest BCUT2D eigenvalue weighted by Gasteiger charge is 2.52. The molecular formula is C19H29N3O5. The van der Waals surface area contributed by atoms with Crippen LogP contribution in [0.2, 0.25) is 0 Å². The van der Waals surface area contributed by atoms with Crippen LogP contribution in [0.25, 0.3) is 0 Å². The molecular weight excluding hydrogens is 350 g/mol. The number of imide groups is 1. The summed E-state index contributed by atoms with van der Waals surface area (Å²) < 4.78 is 4.79. The van der Waals surface area contributed by atoms with E-state index in [1.807, 2.05) is 0 Å². The number of urea groups is 1. The zero-order chi connectivity index (χ0) is 19.6. The summed E-state index contributed by atoms with van der Waals surface area (Å²) in [6, 6.07) is -0.805. The SMILES string of the molecule is CCC1CCC2(CC1)NC(=O)N(CC(=O)N[C@@H]1CCC[C@@H]1C(=O)OC)C2=O. The molecule has 27 heavy (non-hydrogen) atoms. The number of nitrogens with one attached hydrogen (secondary N) is 2. The molecule has 150 valence electrons. The third kappa shape index (κ3) is 3.80. The molecule has 0 bridgehead atoms. The number of nitrogens with zero attached hydrogens (tertiary/aromatic N) is 1. The van der Waals surface area contributed by atoms with Gasteiger partial charge >= 0.3 is 12.0 Å². The van der Waals surface area contributed by atoms with Gasteiger partial charge in [0.05, 0.1) is 13.0 Å². The van der Waals surface area contributed by atoms with Crippen molar-refractivity contribution in [3.8, 4) is 0 Å². The van der Waals surface area contributed by atoms with Crippen molar-refractivity contribution in [1.29, 1.82) is 0 Å². The van der Waals surface area contributed by atoms with Gasteiger partial charge in [-0.1, -0.05) is 19.8 Å². The van der Waals surface area contributed by atoms with Crippen molar-refractivity contribution in [3.05, 3.63) is 0 Å². The molecule has 2 atom stereocenters. The van der Waals surface area contributed by atoms with Crippen molar-refractivity contribution < 1.29 is 23.9 Å². The predicted molar refractivity (Wildman–Crippen MR) is 96.5 cm³/mol. The number of carbonyl (C=O) groups is 4. The number of ether oxygens (including phenoxy) is 1. The molecule has 0 aromatic heterocycles. The number of esters is 1. The Balaban J connectivity index is 1.59. The molecule has 1 spiro atoms. The van der Waals surface area contributed by atoms with Gasteiger partial charge in [0.15, 0.2) is 0 Å². The Morgan fingerprint density at radius 3 is 2.56 bits per heavy atom. The molecule has 1 saturated heterocycles. The maximum absolute atomic E-state index is 12.9. The Hall–Kier alpha value is -2.12. The van der Waals surface area contributed by atoms with Crippen LogP contribution in [-0.2, 0) is 19.1 Å². The Labute approximate surface area is 159 Å². The zero-order valence-corrected chi connectivity index (χ0v) is 16.1. The first-order valence-electron chi connectivity index (χ1n) is 9.91. The lowest BCUT2D eigenvalue weighted by Crippen LogP contribution is -2.50. The molecule has 0 aromatic carbocycles. The summed E-state index contributed by atoms with van der Waals surface area (Å²) in [7, 11) is 1.33. The molecule has 2 saturated carbocycles. The average molecular weight is 379 g/mol. The van der Waals surface area contributed by atoms with Gasteiger partial charge in [-0.15, -0.1) is 0 Å². The molecule has 1 aliphatic heterocycles. The second kappa shape index (κ2) is 7.86. The highest BCUT2D eigenvalue weighted by molar-refractivity contribution is 6.09. The van der Waals surface area contributed by atoms with E-state index < -0.39 is 17.5 Å². The van der Waals surface area contributed by atoms with Gasteiger partial charge in [-0.05, 0) is 44.4 Å². The minimum atomic E-state index is -0.842. The highest BCUT2D eigenvalue weighted by Crippen LogP contribution is 2.37. The fourth-order valence-electron chi connectivity index (χ4n) is 4.70. The van der Waals surface area contributed by atoms with Crippen LogP contribution in [0.1, 0.15) is 58.3 Å². The summed E-state index contributed by atoms with van der Waals surface area (Å²) in [6.45, 7) is 1.83. The van der Waals surface area contributed by atoms with Gasteiger partial charge in [0.2, 0.25) is 5.91 Å². The number of hydrogen-bond acceptors (Lipinski definition) is 5. The summed E-state index contributed by atoms with van der Waals surface area (Å²) in [5.41, 5.74) is -0.842. The summed E-state index contributed by atoms with van der Waals surface area (Å²) in [5.74, 6) is -0.820. The molecule has 3 rings (SSSR count). The predicted octanol–water partition coefficient (Wildman–Crippen LogP) is 1.34. The van der Waals surface area contributed by atoms with E-state index in [0.29, 0.717) is 31.6 Å². The van der Waals surface area contributed by atoms with Crippen molar-refractivity contribution in [2.45, 2.75) is 69.9 Å². The van der Waals surface area contributed by atoms with Crippen LogP contribution < -0.4 is 10.6 Å². The van der Waals surface area contributed by atoms with Gasteiger partial charge in [-0.25, -0.2) is 4.79 Å². The minimum absolute atomic E-state index is 0.298. The van der Waals surface area contributed by atoms with Crippen molar-refractivity contribution >= 4 is 23.8 Å². The Morgan fingerprint density at radius 1 is 1.22 bits per heavy atom. The molecule has 0 aromatic rings. The lowest BCUT2D eigenvalue weighted by Gasteiger charge is -2.34. The molecule has 2 aliphatic carbocycles. The monoisotopic (exact) mass is 379 g/mol. The van der Waals surface area contributed by atoms with E-state index in [-0.39, 0.29) is 30.4 Å². The van der Waals surface area contributed by atoms with Crippen molar-refractivity contribution in [1.82, 2.24) is 15.5 Å². The topological polar surface area (TPSA) is 105 Å². The second-order valence-corrected chi connectivity index (χ2v) is 7.99. The van der Waals surface area contributed by atoms with Crippen LogP contribution in [0.5, 0.6) is 0 Å². The molecule has 4 amide bonds. The van der Waals surface area contributed by atoms with Crippen LogP contribution in [0.15, 0.2) is 0 Å². The van der Waals surface area contributed by atoms with E-state index in [4.69, 9.17) is 4.74 Å². The molecule has 1 heterocycles. The number of rotatable bonds is 5. The Kier molecular flexibility index (Phi) is 5.72. The second-order valence-electron chi connectivity index (χ2n) is 7.99. The van der Waals surface area contributed by atoms with Crippen LogP contribution >= 0.6 is 0 Å². The lowest BCUT2D eigenvalue weighted by molar-refractivity contribution is -0.146. The van der Waals surface area contributed by atoms with E-state index in [0.717, 1.165) is 30.6 Å². The lowest BCUT2D eigenvalue weighted by atomic mass is 9.75. The molecule has 0 unspecified atom stereocenters. The summed E-state index contributed by atoms with van der Waals surface area (Å²) in [4.78, 5) is 50.5. The number of carbonyl (C=O) groups excluding carboxylic acids is 4. The Bertz CT molecular complexity index is 627. The molecule has 8 heteroatoms. The van der Waals surface area contributed by atoms with Crippen LogP contribution in [0.3, 0.4) is 0 Å². The third-order valence-corrected chi connectivity index (χ3v) is 6.45. The van der Waals surface area contributed by atoms with Gasteiger partial charge in [-0.2, -0.15) is 0 Å². The van der Waals surface area contributed by atoms with E-state index in [9.17, 15) is 19.2 Å². The average Bonchev–Trinajstić information content (AvgIpc) is 3.20. The Morgan fingerprint density at radius 2 is 1.93 bits per heavy atom. The fraction of sp³-hybridized carbons (Fsp3) is 0.789. The summed E-state index contributed by atoms with van der Waals surface area (Å²) in [5, 5.41) is 5.64. The van der Waals surface area contributed by atoms with Crippen LogP contribution in [-0.4, -0.2) is 54.0 Å². The highest BCUT2D eigenvalue weighted by atomic mass is 16.5. The zero-order valence-electron chi connectivity index (χ0n) is 16.1. The first-order chi connectivity index (χ1) is 12.9. The fourth-order valence-corrected chi connectivity index (χ4v) is 4.70.